The van der Waals surface area contributed by atoms with Gasteiger partial charge in [0.2, 0.25) is 10.0 Å². The highest BCUT2D eigenvalue weighted by Crippen LogP contribution is 2.27. The van der Waals surface area contributed by atoms with Gasteiger partial charge >= 0.3 is 5.97 Å². The monoisotopic (exact) mass is 382 g/mol. The number of carbonyl (C=O) groups is 2. The van der Waals surface area contributed by atoms with Crippen molar-refractivity contribution < 1.29 is 22.7 Å². The van der Waals surface area contributed by atoms with Gasteiger partial charge in [-0.1, -0.05) is 20.8 Å². The normalized spacial score (nSPS) is 21.2. The van der Waals surface area contributed by atoms with Crippen LogP contribution >= 0.6 is 0 Å². The van der Waals surface area contributed by atoms with E-state index in [0.29, 0.717) is 30.6 Å². The minimum Gasteiger partial charge on any atom is -0.456 e. The third-order valence-electron chi connectivity index (χ3n) is 4.26. The Morgan fingerprint density at radius 3 is 2.27 bits per heavy atom. The van der Waals surface area contributed by atoms with Crippen molar-refractivity contribution in [3.8, 4) is 0 Å². The molecular formula is C18H26N2O5S. The predicted octanol–water partition coefficient (Wildman–Crippen LogP) is 2.24. The molecule has 1 amide bonds. The standard InChI is InChI=1S/C18H26N2O5S/c1-4-18(22)25-12-17(21)19-15-5-7-16(8-6-15)26(23,24)20-10-13(2)9-14(3)11-20/h5-8,13-14H,4,9-12H2,1-3H3,(H,19,21)/t13-,14-/m1/s1. The van der Waals surface area contributed by atoms with E-state index in [1.165, 1.54) is 28.6 Å². The Morgan fingerprint density at radius 2 is 1.73 bits per heavy atom. The lowest BCUT2D eigenvalue weighted by molar-refractivity contribution is -0.146. The van der Waals surface area contributed by atoms with Crippen molar-refractivity contribution in [3.05, 3.63) is 24.3 Å². The molecule has 144 valence electrons. The predicted molar refractivity (Wildman–Crippen MR) is 98.0 cm³/mol. The molecule has 0 saturated carbocycles. The summed E-state index contributed by atoms with van der Waals surface area (Å²) in [6, 6.07) is 6.02. The molecule has 0 bridgehead atoms. The second-order valence-corrected chi connectivity index (χ2v) is 8.79. The maximum atomic E-state index is 12.8. The summed E-state index contributed by atoms with van der Waals surface area (Å²) in [7, 11) is -3.55. The van der Waals surface area contributed by atoms with Crippen LogP contribution in [0.4, 0.5) is 5.69 Å². The number of rotatable bonds is 6. The van der Waals surface area contributed by atoms with Gasteiger partial charge in [-0.25, -0.2) is 8.42 Å². The number of hydrogen-bond acceptors (Lipinski definition) is 5. The number of hydrogen-bond donors (Lipinski definition) is 1. The summed E-state index contributed by atoms with van der Waals surface area (Å²) >= 11 is 0. The van der Waals surface area contributed by atoms with Gasteiger partial charge in [-0.15, -0.1) is 0 Å². The Morgan fingerprint density at radius 1 is 1.15 bits per heavy atom. The van der Waals surface area contributed by atoms with Gasteiger partial charge in [0.15, 0.2) is 6.61 Å². The van der Waals surface area contributed by atoms with Crippen LogP contribution in [0.3, 0.4) is 0 Å². The molecule has 2 atom stereocenters. The molecule has 0 aliphatic carbocycles. The first-order valence-electron chi connectivity index (χ1n) is 8.78. The molecule has 1 aromatic carbocycles. The smallest absolute Gasteiger partial charge is 0.306 e. The van der Waals surface area contributed by atoms with Crippen LogP contribution in [0.1, 0.15) is 33.6 Å². The van der Waals surface area contributed by atoms with Crippen LogP contribution in [0.2, 0.25) is 0 Å². The Hall–Kier alpha value is -1.93. The van der Waals surface area contributed by atoms with Gasteiger partial charge in [-0.2, -0.15) is 4.31 Å². The molecule has 0 spiro atoms. The van der Waals surface area contributed by atoms with Crippen LogP contribution in [0.25, 0.3) is 0 Å². The number of nitrogens with zero attached hydrogens (tertiary/aromatic N) is 1. The van der Waals surface area contributed by atoms with E-state index in [0.717, 1.165) is 6.42 Å². The zero-order chi connectivity index (χ0) is 19.3. The Bertz CT molecular complexity index is 735. The van der Waals surface area contributed by atoms with E-state index in [1.807, 2.05) is 0 Å². The fraction of sp³-hybridized carbons (Fsp3) is 0.556. The SMILES string of the molecule is CCC(=O)OCC(=O)Nc1ccc(S(=O)(=O)N2C[C@H](C)C[C@@H](C)C2)cc1. The second-order valence-electron chi connectivity index (χ2n) is 6.85. The summed E-state index contributed by atoms with van der Waals surface area (Å²) in [5.41, 5.74) is 0.446. The zero-order valence-electron chi connectivity index (χ0n) is 15.4. The van der Waals surface area contributed by atoms with Crippen molar-refractivity contribution in [2.45, 2.75) is 38.5 Å². The first kappa shape index (κ1) is 20.4. The maximum Gasteiger partial charge on any atom is 0.306 e. The van der Waals surface area contributed by atoms with Crippen molar-refractivity contribution in [1.29, 1.82) is 0 Å². The fourth-order valence-electron chi connectivity index (χ4n) is 3.11. The van der Waals surface area contributed by atoms with E-state index in [-0.39, 0.29) is 17.9 Å². The Balaban J connectivity index is 2.02. The van der Waals surface area contributed by atoms with E-state index >= 15 is 0 Å². The number of ether oxygens (including phenoxy) is 1. The van der Waals surface area contributed by atoms with Crippen molar-refractivity contribution in [1.82, 2.24) is 4.31 Å². The lowest BCUT2D eigenvalue weighted by Gasteiger charge is -2.34. The van der Waals surface area contributed by atoms with E-state index in [4.69, 9.17) is 4.74 Å². The van der Waals surface area contributed by atoms with Crippen molar-refractivity contribution >= 4 is 27.6 Å². The summed E-state index contributed by atoms with van der Waals surface area (Å²) < 4.78 is 31.9. The fourth-order valence-corrected chi connectivity index (χ4v) is 4.79. The minimum atomic E-state index is -3.55. The van der Waals surface area contributed by atoms with E-state index in [1.54, 1.807) is 6.92 Å². The summed E-state index contributed by atoms with van der Waals surface area (Å²) in [6.45, 7) is 6.44. The molecule has 0 radical (unpaired) electrons. The Labute approximate surface area is 154 Å². The van der Waals surface area contributed by atoms with Gasteiger partial charge in [0, 0.05) is 25.2 Å². The molecule has 7 nitrogen and oxygen atoms in total. The van der Waals surface area contributed by atoms with Gasteiger partial charge in [0.05, 0.1) is 4.90 Å². The topological polar surface area (TPSA) is 92.8 Å². The second kappa shape index (κ2) is 8.64. The van der Waals surface area contributed by atoms with Gasteiger partial charge in [-0.3, -0.25) is 9.59 Å². The first-order chi connectivity index (χ1) is 12.2. The molecule has 26 heavy (non-hydrogen) atoms. The largest absolute Gasteiger partial charge is 0.456 e. The number of anilines is 1. The number of benzene rings is 1. The number of esters is 1. The molecule has 2 rings (SSSR count). The van der Waals surface area contributed by atoms with Crippen molar-refractivity contribution in [2.24, 2.45) is 11.8 Å². The highest BCUT2D eigenvalue weighted by atomic mass is 32.2. The third-order valence-corrected chi connectivity index (χ3v) is 6.11. The average molecular weight is 382 g/mol. The van der Waals surface area contributed by atoms with Gasteiger partial charge in [0.1, 0.15) is 0 Å². The zero-order valence-corrected chi connectivity index (χ0v) is 16.2. The lowest BCUT2D eigenvalue weighted by Crippen LogP contribution is -2.42. The van der Waals surface area contributed by atoms with E-state index in [2.05, 4.69) is 19.2 Å². The molecule has 1 saturated heterocycles. The lowest BCUT2D eigenvalue weighted by atomic mass is 9.94. The molecule has 1 heterocycles. The molecule has 1 aliphatic heterocycles. The first-order valence-corrected chi connectivity index (χ1v) is 10.2. The van der Waals surface area contributed by atoms with Gasteiger partial charge in [0.25, 0.3) is 5.91 Å². The van der Waals surface area contributed by atoms with Crippen LogP contribution in [0.5, 0.6) is 0 Å². The van der Waals surface area contributed by atoms with Crippen LogP contribution < -0.4 is 5.32 Å². The number of amides is 1. The highest BCUT2D eigenvalue weighted by molar-refractivity contribution is 7.89. The van der Waals surface area contributed by atoms with Crippen molar-refractivity contribution in [3.63, 3.8) is 0 Å². The molecule has 1 aromatic rings. The summed E-state index contributed by atoms with van der Waals surface area (Å²) in [5, 5.41) is 2.57. The summed E-state index contributed by atoms with van der Waals surface area (Å²) in [6.07, 6.45) is 1.23. The van der Waals surface area contributed by atoms with E-state index < -0.39 is 21.9 Å². The molecule has 1 aliphatic rings. The van der Waals surface area contributed by atoms with Crippen LogP contribution in [-0.2, 0) is 24.3 Å². The molecular weight excluding hydrogens is 356 g/mol. The van der Waals surface area contributed by atoms with Crippen molar-refractivity contribution in [2.75, 3.05) is 25.0 Å². The summed E-state index contributed by atoms with van der Waals surface area (Å²) in [4.78, 5) is 23.0. The van der Waals surface area contributed by atoms with Gasteiger partial charge in [-0.05, 0) is 42.5 Å². The molecule has 0 aromatic heterocycles. The quantitative estimate of drug-likeness (QED) is 0.762. The number of piperidine rings is 1. The van der Waals surface area contributed by atoms with E-state index in [9.17, 15) is 18.0 Å². The van der Waals surface area contributed by atoms with Crippen LogP contribution in [0, 0.1) is 11.8 Å². The Kier molecular flexibility index (Phi) is 6.77. The number of sulfonamides is 1. The number of nitrogens with one attached hydrogen (secondary N) is 1. The maximum absolute atomic E-state index is 12.8. The third kappa shape index (κ3) is 5.28. The molecule has 8 heteroatoms. The van der Waals surface area contributed by atoms with Crippen LogP contribution in [-0.4, -0.2) is 44.3 Å². The molecule has 1 N–H and O–H groups in total. The average Bonchev–Trinajstić information content (AvgIpc) is 2.59. The molecule has 1 fully saturated rings. The minimum absolute atomic E-state index is 0.202. The van der Waals surface area contributed by atoms with Gasteiger partial charge < -0.3 is 10.1 Å². The highest BCUT2D eigenvalue weighted by Gasteiger charge is 2.31. The summed E-state index contributed by atoms with van der Waals surface area (Å²) in [5.74, 6) is -0.261. The van der Waals surface area contributed by atoms with Crippen LogP contribution in [0.15, 0.2) is 29.2 Å². The molecule has 0 unspecified atom stereocenters. The number of carbonyl (C=O) groups excluding carboxylic acids is 2.